The number of ether oxygens (including phenoxy) is 2. The fourth-order valence-corrected chi connectivity index (χ4v) is 3.59. The Kier molecular flexibility index (Phi) is 5.52. The summed E-state index contributed by atoms with van der Waals surface area (Å²) in [6.07, 6.45) is 1.21. The minimum Gasteiger partial charge on any atom is -0.497 e. The van der Waals surface area contributed by atoms with Crippen molar-refractivity contribution < 1.29 is 14.3 Å². The first-order valence-corrected chi connectivity index (χ1v) is 9.82. The highest BCUT2D eigenvalue weighted by Gasteiger charge is 2.28. The largest absolute Gasteiger partial charge is 0.497 e. The van der Waals surface area contributed by atoms with Gasteiger partial charge >= 0.3 is 0 Å². The number of fused-ring (bicyclic) bond motifs is 1. The van der Waals surface area contributed by atoms with Gasteiger partial charge in [0.2, 0.25) is 5.95 Å². The highest BCUT2D eigenvalue weighted by molar-refractivity contribution is 6.03. The maximum absolute atomic E-state index is 12.8. The summed E-state index contributed by atoms with van der Waals surface area (Å²) >= 11 is 0. The summed E-state index contributed by atoms with van der Waals surface area (Å²) in [5, 5.41) is 6.51. The number of nitrogens with zero attached hydrogens (tertiary/aromatic N) is 2. The molecule has 1 aliphatic carbocycles. The van der Waals surface area contributed by atoms with Crippen LogP contribution in [0.4, 0.5) is 23.1 Å². The summed E-state index contributed by atoms with van der Waals surface area (Å²) in [6, 6.07) is 15.0. The second-order valence-corrected chi connectivity index (χ2v) is 7.33. The number of carbonyl (C=O) groups excluding carboxylic acids is 1. The molecule has 2 N–H and O–H groups in total. The predicted octanol–water partition coefficient (Wildman–Crippen LogP) is 4.75. The first kappa shape index (κ1) is 19.7. The van der Waals surface area contributed by atoms with Crippen molar-refractivity contribution in [2.45, 2.75) is 19.8 Å². The van der Waals surface area contributed by atoms with Crippen LogP contribution in [0, 0.1) is 5.92 Å². The molecule has 0 amide bonds. The maximum atomic E-state index is 12.8. The third-order valence-corrected chi connectivity index (χ3v) is 5.04. The number of aromatic nitrogens is 2. The van der Waals surface area contributed by atoms with Crippen molar-refractivity contribution in [3.05, 3.63) is 59.8 Å². The second kappa shape index (κ2) is 8.41. The van der Waals surface area contributed by atoms with Gasteiger partial charge in [0.1, 0.15) is 17.3 Å². The molecule has 0 radical (unpaired) electrons. The van der Waals surface area contributed by atoms with E-state index in [1.165, 1.54) is 0 Å². The zero-order chi connectivity index (χ0) is 21.1. The number of hydrogen-bond acceptors (Lipinski definition) is 7. The van der Waals surface area contributed by atoms with Crippen LogP contribution in [-0.4, -0.2) is 30.0 Å². The van der Waals surface area contributed by atoms with E-state index >= 15 is 0 Å². The van der Waals surface area contributed by atoms with Crippen molar-refractivity contribution in [3.8, 4) is 11.5 Å². The lowest BCUT2D eigenvalue weighted by atomic mass is 9.87. The number of para-hydroxylation sites is 2. The number of ketones is 1. The summed E-state index contributed by atoms with van der Waals surface area (Å²) in [5.41, 5.74) is 2.87. The van der Waals surface area contributed by atoms with Gasteiger partial charge in [0, 0.05) is 12.1 Å². The van der Waals surface area contributed by atoms with E-state index < -0.39 is 0 Å². The van der Waals surface area contributed by atoms with Crippen LogP contribution in [0.2, 0.25) is 0 Å². The summed E-state index contributed by atoms with van der Waals surface area (Å²) < 4.78 is 10.6. The van der Waals surface area contributed by atoms with Crippen molar-refractivity contribution in [2.75, 3.05) is 24.9 Å². The van der Waals surface area contributed by atoms with Gasteiger partial charge in [0.15, 0.2) is 5.78 Å². The van der Waals surface area contributed by atoms with E-state index in [1.54, 1.807) is 14.2 Å². The molecule has 7 nitrogen and oxygen atoms in total. The summed E-state index contributed by atoms with van der Waals surface area (Å²) in [5.74, 6) is 2.65. The first-order valence-electron chi connectivity index (χ1n) is 9.82. The molecular formula is C23H24N4O3. The quantitative estimate of drug-likeness (QED) is 0.613. The van der Waals surface area contributed by atoms with E-state index in [2.05, 4.69) is 27.5 Å². The van der Waals surface area contributed by atoms with Gasteiger partial charge in [-0.3, -0.25) is 4.79 Å². The van der Waals surface area contributed by atoms with Crippen LogP contribution < -0.4 is 20.1 Å². The third kappa shape index (κ3) is 4.05. The zero-order valence-corrected chi connectivity index (χ0v) is 17.2. The molecule has 0 saturated carbocycles. The Morgan fingerprint density at radius 3 is 2.43 bits per heavy atom. The normalized spacial score (nSPS) is 15.3. The zero-order valence-electron chi connectivity index (χ0n) is 17.2. The molecule has 7 heteroatoms. The summed E-state index contributed by atoms with van der Waals surface area (Å²) in [6.45, 7) is 2.06. The van der Waals surface area contributed by atoms with Gasteiger partial charge in [-0.1, -0.05) is 19.1 Å². The average Bonchev–Trinajstić information content (AvgIpc) is 2.74. The van der Waals surface area contributed by atoms with Gasteiger partial charge < -0.3 is 20.1 Å². The Labute approximate surface area is 175 Å². The molecule has 154 valence electrons. The van der Waals surface area contributed by atoms with E-state index in [-0.39, 0.29) is 11.7 Å². The van der Waals surface area contributed by atoms with Gasteiger partial charge in [0.25, 0.3) is 0 Å². The monoisotopic (exact) mass is 404 g/mol. The van der Waals surface area contributed by atoms with Crippen LogP contribution in [0.3, 0.4) is 0 Å². The number of anilines is 4. The minimum atomic E-state index is 0.0529. The number of Topliss-reactive ketones (excluding diaryl/α,β-unsaturated/α-hetero) is 1. The maximum Gasteiger partial charge on any atom is 0.229 e. The second-order valence-electron chi connectivity index (χ2n) is 7.33. The standard InChI is InChI=1S/C23H24N4O3/c1-14-12-18-21(19(28)13-14)22(25-17-6-4-5-7-20(17)30-3)27-23(26-18)24-15-8-10-16(29-2)11-9-15/h4-11,14H,12-13H2,1-3H3,(H2,24,25,26,27). The van der Waals surface area contributed by atoms with Crippen LogP contribution in [0.5, 0.6) is 11.5 Å². The van der Waals surface area contributed by atoms with Crippen molar-refractivity contribution >= 4 is 28.9 Å². The lowest BCUT2D eigenvalue weighted by Gasteiger charge is -2.23. The molecule has 1 aromatic heterocycles. The van der Waals surface area contributed by atoms with E-state index in [0.717, 1.165) is 29.2 Å². The third-order valence-electron chi connectivity index (χ3n) is 5.04. The topological polar surface area (TPSA) is 85.4 Å². The van der Waals surface area contributed by atoms with Crippen molar-refractivity contribution in [1.82, 2.24) is 9.97 Å². The average molecular weight is 404 g/mol. The smallest absolute Gasteiger partial charge is 0.229 e. The molecule has 4 rings (SSSR count). The Morgan fingerprint density at radius 2 is 1.70 bits per heavy atom. The Hall–Kier alpha value is -3.61. The number of carbonyl (C=O) groups is 1. The van der Waals surface area contributed by atoms with Crippen LogP contribution in [0.1, 0.15) is 29.4 Å². The van der Waals surface area contributed by atoms with Crippen LogP contribution in [-0.2, 0) is 6.42 Å². The predicted molar refractivity (Wildman–Crippen MR) is 116 cm³/mol. The van der Waals surface area contributed by atoms with Gasteiger partial charge in [-0.2, -0.15) is 4.98 Å². The highest BCUT2D eigenvalue weighted by Crippen LogP contribution is 2.34. The molecular weight excluding hydrogens is 380 g/mol. The van der Waals surface area contributed by atoms with Gasteiger partial charge in [-0.05, 0) is 48.7 Å². The van der Waals surface area contributed by atoms with Crippen LogP contribution >= 0.6 is 0 Å². The van der Waals surface area contributed by atoms with E-state index in [4.69, 9.17) is 9.47 Å². The molecule has 1 aliphatic rings. The van der Waals surface area contributed by atoms with Gasteiger partial charge in [-0.25, -0.2) is 4.98 Å². The van der Waals surface area contributed by atoms with Crippen molar-refractivity contribution in [1.29, 1.82) is 0 Å². The van der Waals surface area contributed by atoms with Gasteiger partial charge in [0.05, 0.1) is 31.2 Å². The SMILES string of the molecule is COc1ccc(Nc2nc3c(c(Nc4ccccc4OC)n2)C(=O)CC(C)C3)cc1. The van der Waals surface area contributed by atoms with Crippen molar-refractivity contribution in [3.63, 3.8) is 0 Å². The molecule has 0 aliphatic heterocycles. The molecule has 2 aromatic carbocycles. The minimum absolute atomic E-state index is 0.0529. The molecule has 1 atom stereocenters. The molecule has 0 fully saturated rings. The summed E-state index contributed by atoms with van der Waals surface area (Å²) in [4.78, 5) is 22.1. The molecule has 1 heterocycles. The van der Waals surface area contributed by atoms with E-state index in [9.17, 15) is 4.79 Å². The number of benzene rings is 2. The lowest BCUT2D eigenvalue weighted by Crippen LogP contribution is -2.22. The number of hydrogen-bond donors (Lipinski definition) is 2. The molecule has 30 heavy (non-hydrogen) atoms. The van der Waals surface area contributed by atoms with Gasteiger partial charge in [-0.15, -0.1) is 0 Å². The molecule has 0 spiro atoms. The summed E-state index contributed by atoms with van der Waals surface area (Å²) in [7, 11) is 3.24. The van der Waals surface area contributed by atoms with Crippen LogP contribution in [0.15, 0.2) is 48.5 Å². The Balaban J connectivity index is 1.74. The van der Waals surface area contributed by atoms with Crippen molar-refractivity contribution in [2.24, 2.45) is 5.92 Å². The lowest BCUT2D eigenvalue weighted by molar-refractivity contribution is 0.0952. The molecule has 0 saturated heterocycles. The number of nitrogens with one attached hydrogen (secondary N) is 2. The molecule has 1 unspecified atom stereocenters. The molecule has 0 bridgehead atoms. The molecule has 3 aromatic rings. The fraction of sp³-hybridized carbons (Fsp3) is 0.261. The number of rotatable bonds is 6. The first-order chi connectivity index (χ1) is 14.6. The van der Waals surface area contributed by atoms with Crippen LogP contribution in [0.25, 0.3) is 0 Å². The Bertz CT molecular complexity index is 1070. The van der Waals surface area contributed by atoms with E-state index in [0.29, 0.717) is 29.5 Å². The Morgan fingerprint density at radius 1 is 0.933 bits per heavy atom. The fourth-order valence-electron chi connectivity index (χ4n) is 3.59. The highest BCUT2D eigenvalue weighted by atomic mass is 16.5. The number of methoxy groups -OCH3 is 2. The van der Waals surface area contributed by atoms with E-state index in [1.807, 2.05) is 48.5 Å².